The van der Waals surface area contributed by atoms with Crippen LogP contribution in [0.1, 0.15) is 29.0 Å². The van der Waals surface area contributed by atoms with E-state index in [4.69, 9.17) is 4.74 Å². The number of aromatic nitrogens is 1. The molecule has 1 heterocycles. The van der Waals surface area contributed by atoms with Gasteiger partial charge >= 0.3 is 11.9 Å². The first-order valence-corrected chi connectivity index (χ1v) is 9.81. The van der Waals surface area contributed by atoms with Crippen LogP contribution in [0.4, 0.5) is 10.6 Å². The maximum Gasteiger partial charge on any atom is 0.407 e. The van der Waals surface area contributed by atoms with E-state index >= 15 is 0 Å². The van der Waals surface area contributed by atoms with Crippen LogP contribution < -0.4 is 5.32 Å². The van der Waals surface area contributed by atoms with Crippen LogP contribution >= 0.6 is 0 Å². The number of nitrogens with zero attached hydrogens (tertiary/aromatic N) is 2. The predicted octanol–water partition coefficient (Wildman–Crippen LogP) is 4.27. The van der Waals surface area contributed by atoms with Gasteiger partial charge in [0.1, 0.15) is 6.61 Å². The number of ether oxygens (including phenoxy) is 1. The molecule has 1 N–H and O–H groups in total. The van der Waals surface area contributed by atoms with Gasteiger partial charge in [-0.05, 0) is 38.2 Å². The molecule has 2 aromatic carbocycles. The summed E-state index contributed by atoms with van der Waals surface area (Å²) in [6.45, 7) is 0.601. The minimum atomic E-state index is -0.560. The van der Waals surface area contributed by atoms with Crippen molar-refractivity contribution in [1.29, 1.82) is 0 Å². The van der Waals surface area contributed by atoms with Gasteiger partial charge in [0.25, 0.3) is 0 Å². The van der Waals surface area contributed by atoms with Gasteiger partial charge in [0.15, 0.2) is 6.20 Å². The van der Waals surface area contributed by atoms with E-state index in [1.54, 1.807) is 0 Å². The molecule has 154 valence electrons. The second-order valence-corrected chi connectivity index (χ2v) is 6.97. The van der Waals surface area contributed by atoms with Gasteiger partial charge in [-0.25, -0.2) is 4.79 Å². The summed E-state index contributed by atoms with van der Waals surface area (Å²) in [6, 6.07) is 19.2. The van der Waals surface area contributed by atoms with Gasteiger partial charge in [-0.2, -0.15) is 0 Å². The average molecular weight is 413 g/mol. The van der Waals surface area contributed by atoms with E-state index in [9.17, 15) is 14.9 Å². The number of fused-ring (bicyclic) bond motifs is 3. The zero-order chi connectivity index (χ0) is 21.6. The van der Waals surface area contributed by atoms with Crippen molar-refractivity contribution in [1.82, 2.24) is 10.3 Å². The highest BCUT2D eigenvalue weighted by molar-refractivity contribution is 5.79. The molecule has 0 saturated carbocycles. The summed E-state index contributed by atoms with van der Waals surface area (Å²) in [5, 5.41) is 13.3. The highest BCUT2D eigenvalue weighted by Gasteiger charge is 2.28. The van der Waals surface area contributed by atoms with E-state index in [0.29, 0.717) is 18.5 Å². The molecule has 1 amide bonds. The maximum atomic E-state index is 12.1. The van der Waals surface area contributed by atoms with Gasteiger partial charge in [-0.3, -0.25) is 0 Å². The first-order chi connectivity index (χ1) is 15.1. The Morgan fingerprint density at radius 1 is 1.06 bits per heavy atom. The number of benzene rings is 2. The van der Waals surface area contributed by atoms with Crippen LogP contribution in [-0.2, 0) is 4.74 Å². The van der Waals surface area contributed by atoms with E-state index in [1.165, 1.54) is 40.6 Å². The molecule has 0 unspecified atom stereocenters. The molecule has 0 atom stereocenters. The number of carbonyl (C=O) groups is 1. The van der Waals surface area contributed by atoms with Gasteiger partial charge in [-0.1, -0.05) is 60.4 Å². The standard InChI is InChI=1S/C24H19N3O4/c28-24(25-14-6-5-7-17-12-13-23(26-15-17)27(29)30)31-16-22-20-10-3-1-8-18(20)19-9-2-4-11-21(19)22/h1-4,8-13,15,22H,6,14,16H2,(H,25,28). The number of carbonyl (C=O) groups excluding carboxylic acids is 1. The van der Waals surface area contributed by atoms with Crippen molar-refractivity contribution in [2.24, 2.45) is 0 Å². The van der Waals surface area contributed by atoms with Gasteiger partial charge in [0.05, 0.1) is 5.56 Å². The summed E-state index contributed by atoms with van der Waals surface area (Å²) in [6.07, 6.45) is 1.28. The van der Waals surface area contributed by atoms with Gasteiger partial charge < -0.3 is 20.2 Å². The number of alkyl carbamates (subject to hydrolysis) is 1. The zero-order valence-electron chi connectivity index (χ0n) is 16.6. The number of amides is 1. The Kier molecular flexibility index (Phi) is 5.90. The van der Waals surface area contributed by atoms with Crippen LogP contribution in [-0.4, -0.2) is 29.2 Å². The van der Waals surface area contributed by atoms with Gasteiger partial charge in [-0.15, -0.1) is 0 Å². The van der Waals surface area contributed by atoms with Crippen LogP contribution in [0.2, 0.25) is 0 Å². The number of nitrogens with one attached hydrogen (secondary N) is 1. The largest absolute Gasteiger partial charge is 0.449 e. The fourth-order valence-electron chi connectivity index (χ4n) is 3.61. The molecule has 1 aromatic heterocycles. The summed E-state index contributed by atoms with van der Waals surface area (Å²) in [5.74, 6) is 5.56. The third-order valence-corrected chi connectivity index (χ3v) is 5.03. The minimum Gasteiger partial charge on any atom is -0.449 e. The van der Waals surface area contributed by atoms with E-state index in [-0.39, 0.29) is 18.3 Å². The van der Waals surface area contributed by atoms with Crippen molar-refractivity contribution >= 4 is 11.9 Å². The zero-order valence-corrected chi connectivity index (χ0v) is 16.6. The van der Waals surface area contributed by atoms with Gasteiger partial charge in [0.2, 0.25) is 0 Å². The molecule has 4 rings (SSSR count). The van der Waals surface area contributed by atoms with Crippen LogP contribution in [0.5, 0.6) is 0 Å². The lowest BCUT2D eigenvalue weighted by Gasteiger charge is -2.14. The second kappa shape index (κ2) is 9.09. The topological polar surface area (TPSA) is 94.4 Å². The predicted molar refractivity (Wildman–Crippen MR) is 115 cm³/mol. The highest BCUT2D eigenvalue weighted by Crippen LogP contribution is 2.44. The molecule has 0 fully saturated rings. The molecule has 0 saturated heterocycles. The molecule has 7 heteroatoms. The molecule has 7 nitrogen and oxygen atoms in total. The Balaban J connectivity index is 1.27. The lowest BCUT2D eigenvalue weighted by Crippen LogP contribution is -2.26. The summed E-state index contributed by atoms with van der Waals surface area (Å²) >= 11 is 0. The van der Waals surface area contributed by atoms with Crippen LogP contribution in [0.25, 0.3) is 11.1 Å². The summed E-state index contributed by atoms with van der Waals surface area (Å²) in [7, 11) is 0. The molecule has 31 heavy (non-hydrogen) atoms. The fourth-order valence-corrected chi connectivity index (χ4v) is 3.61. The molecule has 3 aromatic rings. The van der Waals surface area contributed by atoms with Crippen molar-refractivity contribution in [2.75, 3.05) is 13.2 Å². The summed E-state index contributed by atoms with van der Waals surface area (Å²) in [4.78, 5) is 25.8. The van der Waals surface area contributed by atoms with Crippen molar-refractivity contribution in [3.63, 3.8) is 0 Å². The number of nitro groups is 1. The van der Waals surface area contributed by atoms with Crippen LogP contribution in [0, 0.1) is 22.0 Å². The normalized spacial score (nSPS) is 11.6. The molecule has 0 radical (unpaired) electrons. The van der Waals surface area contributed by atoms with E-state index in [0.717, 1.165) is 0 Å². The molecule has 0 bridgehead atoms. The molecule has 1 aliphatic rings. The first-order valence-electron chi connectivity index (χ1n) is 9.81. The second-order valence-electron chi connectivity index (χ2n) is 6.97. The van der Waals surface area contributed by atoms with Crippen molar-refractivity contribution < 1.29 is 14.5 Å². The number of hydrogen-bond donors (Lipinski definition) is 1. The van der Waals surface area contributed by atoms with E-state index in [1.807, 2.05) is 24.3 Å². The number of pyridine rings is 1. The maximum absolute atomic E-state index is 12.1. The lowest BCUT2D eigenvalue weighted by atomic mass is 9.98. The Labute approximate surface area is 179 Å². The summed E-state index contributed by atoms with van der Waals surface area (Å²) < 4.78 is 5.47. The smallest absolute Gasteiger partial charge is 0.407 e. The van der Waals surface area contributed by atoms with E-state index < -0.39 is 11.0 Å². The molecule has 0 spiro atoms. The third kappa shape index (κ3) is 4.54. The van der Waals surface area contributed by atoms with Crippen LogP contribution in [0.15, 0.2) is 66.9 Å². The Morgan fingerprint density at radius 3 is 2.35 bits per heavy atom. The van der Waals surface area contributed by atoms with Crippen LogP contribution in [0.3, 0.4) is 0 Å². The lowest BCUT2D eigenvalue weighted by molar-refractivity contribution is -0.389. The molecule has 0 aliphatic heterocycles. The van der Waals surface area contributed by atoms with Gasteiger partial charge in [0, 0.05) is 24.9 Å². The number of hydrogen-bond acceptors (Lipinski definition) is 5. The molecular weight excluding hydrogens is 394 g/mol. The van der Waals surface area contributed by atoms with Crippen molar-refractivity contribution in [2.45, 2.75) is 12.3 Å². The summed E-state index contributed by atoms with van der Waals surface area (Å²) in [5.41, 5.74) is 5.27. The number of rotatable bonds is 5. The first kappa shape index (κ1) is 20.1. The van der Waals surface area contributed by atoms with E-state index in [2.05, 4.69) is 46.4 Å². The fraction of sp³-hybridized carbons (Fsp3) is 0.167. The average Bonchev–Trinajstić information content (AvgIpc) is 3.11. The Morgan fingerprint density at radius 2 is 1.74 bits per heavy atom. The van der Waals surface area contributed by atoms with Crippen molar-refractivity contribution in [3.8, 4) is 23.0 Å². The molecular formula is C24H19N3O4. The Bertz CT molecular complexity index is 1130. The monoisotopic (exact) mass is 413 g/mol. The minimum absolute atomic E-state index is 0.0209. The quantitative estimate of drug-likeness (QED) is 0.292. The SMILES string of the molecule is O=C(NCCC#Cc1ccc([N+](=O)[O-])nc1)OCC1c2ccccc2-c2ccccc21. The molecule has 1 aliphatic carbocycles. The Hall–Kier alpha value is -4.18. The van der Waals surface area contributed by atoms with Crippen molar-refractivity contribution in [3.05, 3.63) is 93.7 Å². The third-order valence-electron chi connectivity index (χ3n) is 5.03. The highest BCUT2D eigenvalue weighted by atomic mass is 16.6.